The summed E-state index contributed by atoms with van der Waals surface area (Å²) in [5, 5.41) is 24.8. The van der Waals surface area contributed by atoms with Crippen LogP contribution in [0.1, 0.15) is 0 Å². The molecule has 0 fully saturated rings. The lowest BCUT2D eigenvalue weighted by Crippen LogP contribution is -1.79. The minimum absolute atomic E-state index is 0.0157. The predicted octanol–water partition coefficient (Wildman–Crippen LogP) is 1.81. The molecule has 0 spiro atoms. The van der Waals surface area contributed by atoms with Crippen molar-refractivity contribution in [1.82, 2.24) is 10.2 Å². The number of rotatable bonds is 1. The van der Waals surface area contributed by atoms with Crippen molar-refractivity contribution >= 4 is 12.2 Å². The number of aromatic hydroxyl groups is 2. The third-order valence-corrected chi connectivity index (χ3v) is 1.82. The fourth-order valence-corrected chi connectivity index (χ4v) is 1.16. The minimum atomic E-state index is -0.0342. The largest absolute Gasteiger partial charge is 0.508 e. The number of nitrogens with one attached hydrogen (secondary N) is 1. The number of phenolic OH excluding ortho intramolecular Hbond substituents is 2. The Hall–Kier alpha value is -1.82. The van der Waals surface area contributed by atoms with Crippen LogP contribution in [0.3, 0.4) is 0 Å². The first-order chi connectivity index (χ1) is 6.66. The highest BCUT2D eigenvalue weighted by molar-refractivity contribution is 7.71. The summed E-state index contributed by atoms with van der Waals surface area (Å²) in [6, 6.07) is 4.04. The van der Waals surface area contributed by atoms with Crippen molar-refractivity contribution in [2.75, 3.05) is 0 Å². The van der Waals surface area contributed by atoms with Gasteiger partial charge in [-0.1, -0.05) is 0 Å². The molecule has 0 aliphatic carbocycles. The zero-order valence-electron chi connectivity index (χ0n) is 6.89. The Kier molecular flexibility index (Phi) is 1.97. The molecule has 0 saturated heterocycles. The average Bonchev–Trinajstić information content (AvgIpc) is 2.56. The van der Waals surface area contributed by atoms with Crippen LogP contribution in [-0.4, -0.2) is 20.4 Å². The van der Waals surface area contributed by atoms with Gasteiger partial charge in [0.25, 0.3) is 4.84 Å². The molecule has 3 N–H and O–H groups in total. The molecule has 0 atom stereocenters. The zero-order valence-corrected chi connectivity index (χ0v) is 7.71. The SMILES string of the molecule is Oc1ccc(O)c(-c2n[nH]c(=S)o2)c1. The van der Waals surface area contributed by atoms with Crippen LogP contribution in [-0.2, 0) is 0 Å². The molecule has 0 aliphatic heterocycles. The highest BCUT2D eigenvalue weighted by Gasteiger charge is 2.10. The molecule has 6 heteroatoms. The summed E-state index contributed by atoms with van der Waals surface area (Å²) in [6.45, 7) is 0. The van der Waals surface area contributed by atoms with E-state index < -0.39 is 0 Å². The maximum absolute atomic E-state index is 9.44. The second-order valence-electron chi connectivity index (χ2n) is 2.62. The Labute approximate surface area is 83.6 Å². The summed E-state index contributed by atoms with van der Waals surface area (Å²) in [5.41, 5.74) is 0.289. The number of hydrogen-bond donors (Lipinski definition) is 3. The van der Waals surface area contributed by atoms with Crippen molar-refractivity contribution in [3.63, 3.8) is 0 Å². The van der Waals surface area contributed by atoms with Crippen molar-refractivity contribution in [1.29, 1.82) is 0 Å². The van der Waals surface area contributed by atoms with Gasteiger partial charge in [0.15, 0.2) is 0 Å². The molecule has 0 amide bonds. The second-order valence-corrected chi connectivity index (χ2v) is 2.99. The van der Waals surface area contributed by atoms with Gasteiger partial charge in [-0.15, -0.1) is 5.10 Å². The molecule has 0 saturated carbocycles. The summed E-state index contributed by atoms with van der Waals surface area (Å²) in [5.74, 6) is 0.123. The molecule has 1 aromatic carbocycles. The maximum Gasteiger partial charge on any atom is 0.284 e. The van der Waals surface area contributed by atoms with Crippen LogP contribution in [0.5, 0.6) is 11.5 Å². The fourth-order valence-electron chi connectivity index (χ4n) is 1.04. The number of benzene rings is 1. The Morgan fingerprint density at radius 2 is 2.14 bits per heavy atom. The van der Waals surface area contributed by atoms with E-state index in [9.17, 15) is 10.2 Å². The van der Waals surface area contributed by atoms with E-state index in [1.807, 2.05) is 0 Å². The van der Waals surface area contributed by atoms with E-state index >= 15 is 0 Å². The Morgan fingerprint density at radius 3 is 2.79 bits per heavy atom. The van der Waals surface area contributed by atoms with Gasteiger partial charge in [-0.25, -0.2) is 5.10 Å². The van der Waals surface area contributed by atoms with Gasteiger partial charge in [0.1, 0.15) is 11.5 Å². The smallest absolute Gasteiger partial charge is 0.284 e. The summed E-state index contributed by atoms with van der Waals surface area (Å²) < 4.78 is 4.98. The first-order valence-electron chi connectivity index (χ1n) is 3.74. The van der Waals surface area contributed by atoms with E-state index in [1.165, 1.54) is 18.2 Å². The Bertz CT molecular complexity index is 517. The van der Waals surface area contributed by atoms with Crippen molar-refractivity contribution in [3.8, 4) is 23.0 Å². The highest BCUT2D eigenvalue weighted by Crippen LogP contribution is 2.30. The topological polar surface area (TPSA) is 82.3 Å². The van der Waals surface area contributed by atoms with Crippen LogP contribution in [0.2, 0.25) is 0 Å². The molecule has 0 radical (unpaired) electrons. The third-order valence-electron chi connectivity index (χ3n) is 1.65. The lowest BCUT2D eigenvalue weighted by atomic mass is 10.2. The fraction of sp³-hybridized carbons (Fsp3) is 0. The van der Waals surface area contributed by atoms with Crippen molar-refractivity contribution in [2.24, 2.45) is 0 Å². The normalized spacial score (nSPS) is 10.3. The molecule has 2 rings (SSSR count). The number of nitrogens with zero attached hydrogens (tertiary/aromatic N) is 1. The van der Waals surface area contributed by atoms with Crippen LogP contribution < -0.4 is 0 Å². The van der Waals surface area contributed by atoms with Gasteiger partial charge >= 0.3 is 0 Å². The average molecular weight is 210 g/mol. The Balaban J connectivity index is 2.61. The van der Waals surface area contributed by atoms with Crippen LogP contribution in [0.4, 0.5) is 0 Å². The van der Waals surface area contributed by atoms with Gasteiger partial charge in [-0.2, -0.15) is 0 Å². The van der Waals surface area contributed by atoms with E-state index in [0.717, 1.165) is 0 Å². The number of phenols is 2. The van der Waals surface area contributed by atoms with Gasteiger partial charge in [0, 0.05) is 0 Å². The van der Waals surface area contributed by atoms with Gasteiger partial charge in [-0.05, 0) is 30.4 Å². The molecule has 0 bridgehead atoms. The van der Waals surface area contributed by atoms with E-state index in [0.29, 0.717) is 0 Å². The highest BCUT2D eigenvalue weighted by atomic mass is 32.1. The summed E-state index contributed by atoms with van der Waals surface area (Å²) in [6.07, 6.45) is 0. The van der Waals surface area contributed by atoms with Gasteiger partial charge in [-0.3, -0.25) is 0 Å². The standard InChI is InChI=1S/C8H6N2O3S/c11-4-1-2-6(12)5(3-4)7-9-10-8(14)13-7/h1-3,11-12H,(H,10,14). The summed E-state index contributed by atoms with van der Waals surface area (Å²) in [7, 11) is 0. The van der Waals surface area contributed by atoms with Crippen LogP contribution in [0.25, 0.3) is 11.5 Å². The molecule has 0 unspecified atom stereocenters. The van der Waals surface area contributed by atoms with E-state index in [1.54, 1.807) is 0 Å². The van der Waals surface area contributed by atoms with Gasteiger partial charge in [0.05, 0.1) is 5.56 Å². The zero-order chi connectivity index (χ0) is 10.1. The molecule has 2 aromatic rings. The molecule has 1 heterocycles. The van der Waals surface area contributed by atoms with Crippen molar-refractivity contribution < 1.29 is 14.6 Å². The monoisotopic (exact) mass is 210 g/mol. The lowest BCUT2D eigenvalue weighted by molar-refractivity contribution is 0.458. The summed E-state index contributed by atoms with van der Waals surface area (Å²) >= 11 is 4.68. The predicted molar refractivity (Wildman–Crippen MR) is 50.5 cm³/mol. The van der Waals surface area contributed by atoms with E-state index in [4.69, 9.17) is 4.42 Å². The van der Waals surface area contributed by atoms with Crippen LogP contribution >= 0.6 is 12.2 Å². The quantitative estimate of drug-likeness (QED) is 0.494. The van der Waals surface area contributed by atoms with E-state index in [2.05, 4.69) is 22.4 Å². The first-order valence-corrected chi connectivity index (χ1v) is 4.15. The van der Waals surface area contributed by atoms with Gasteiger partial charge in [0.2, 0.25) is 5.89 Å². The number of hydrogen-bond acceptors (Lipinski definition) is 5. The number of H-pyrrole nitrogens is 1. The number of aromatic nitrogens is 2. The molecule has 14 heavy (non-hydrogen) atoms. The molecule has 0 aliphatic rings. The molecule has 72 valence electrons. The number of aromatic amines is 1. The summed E-state index contributed by atoms with van der Waals surface area (Å²) in [4.78, 5) is 0.114. The Morgan fingerprint density at radius 1 is 1.36 bits per heavy atom. The first kappa shape index (κ1) is 8.76. The van der Waals surface area contributed by atoms with Crippen molar-refractivity contribution in [2.45, 2.75) is 0 Å². The van der Waals surface area contributed by atoms with Gasteiger partial charge < -0.3 is 14.6 Å². The lowest BCUT2D eigenvalue weighted by Gasteiger charge is -1.99. The molecular formula is C8H6N2O3S. The molecule has 1 aromatic heterocycles. The minimum Gasteiger partial charge on any atom is -0.508 e. The molecular weight excluding hydrogens is 204 g/mol. The molecule has 5 nitrogen and oxygen atoms in total. The van der Waals surface area contributed by atoms with Crippen LogP contribution in [0, 0.1) is 4.84 Å². The van der Waals surface area contributed by atoms with E-state index in [-0.39, 0.29) is 27.8 Å². The third kappa shape index (κ3) is 1.47. The maximum atomic E-state index is 9.44. The van der Waals surface area contributed by atoms with Crippen LogP contribution in [0.15, 0.2) is 22.6 Å². The van der Waals surface area contributed by atoms with Crippen molar-refractivity contribution in [3.05, 3.63) is 23.0 Å². The second kappa shape index (κ2) is 3.15.